The lowest BCUT2D eigenvalue weighted by molar-refractivity contribution is -0.121. The van der Waals surface area contributed by atoms with E-state index in [9.17, 15) is 4.79 Å². The smallest absolute Gasteiger partial charge is 0.229 e. The summed E-state index contributed by atoms with van der Waals surface area (Å²) in [5, 5.41) is 6.67. The molecule has 1 heterocycles. The van der Waals surface area contributed by atoms with Gasteiger partial charge in [-0.3, -0.25) is 4.79 Å². The molecule has 2 aliphatic rings. The molecule has 0 spiro atoms. The largest absolute Gasteiger partial charge is 0.381 e. The fourth-order valence-electron chi connectivity index (χ4n) is 3.95. The Bertz CT molecular complexity index is 731. The highest BCUT2D eigenvalue weighted by Gasteiger charge is 2.42. The summed E-state index contributed by atoms with van der Waals surface area (Å²) in [6.07, 6.45) is 3.19. The molecule has 4 heteroatoms. The first-order chi connectivity index (χ1) is 11.2. The van der Waals surface area contributed by atoms with Gasteiger partial charge in [0.05, 0.1) is 5.92 Å². The molecule has 23 heavy (non-hydrogen) atoms. The second kappa shape index (κ2) is 6.00. The van der Waals surface area contributed by atoms with Crippen LogP contribution in [0.4, 0.5) is 11.4 Å². The van der Waals surface area contributed by atoms with Crippen LogP contribution in [0.1, 0.15) is 30.7 Å². The maximum Gasteiger partial charge on any atom is 0.229 e. The van der Waals surface area contributed by atoms with E-state index in [1.54, 1.807) is 0 Å². The molecule has 0 aromatic heterocycles. The Balaban J connectivity index is 1.56. The van der Waals surface area contributed by atoms with Gasteiger partial charge in [0.25, 0.3) is 0 Å². The maximum absolute atomic E-state index is 12.8. The third-order valence-electron chi connectivity index (χ3n) is 5.01. The molecule has 0 bridgehead atoms. The second-order valence-corrected chi connectivity index (χ2v) is 7.32. The molecular weight excluding hydrogens is 352 g/mol. The number of benzene rings is 2. The number of nitrogens with one attached hydrogen (secondary N) is 2. The number of fused-ring (bicyclic) bond motifs is 3. The Morgan fingerprint density at radius 1 is 1.13 bits per heavy atom. The highest BCUT2D eigenvalue weighted by atomic mass is 79.9. The van der Waals surface area contributed by atoms with E-state index >= 15 is 0 Å². The first-order valence-corrected chi connectivity index (χ1v) is 8.93. The number of rotatable bonds is 2. The minimum Gasteiger partial charge on any atom is -0.381 e. The lowest BCUT2D eigenvalue weighted by Crippen LogP contribution is -2.41. The summed E-state index contributed by atoms with van der Waals surface area (Å²) in [6, 6.07) is 16.3. The SMILES string of the molecule is O=C(Nc1ccccc1)C1CCCC2c3cc(Br)ccc3NC12. The van der Waals surface area contributed by atoms with Crippen molar-refractivity contribution in [3.8, 4) is 0 Å². The summed E-state index contributed by atoms with van der Waals surface area (Å²) in [5.74, 6) is 0.577. The van der Waals surface area contributed by atoms with Gasteiger partial charge in [-0.1, -0.05) is 40.5 Å². The highest BCUT2D eigenvalue weighted by Crippen LogP contribution is 2.47. The Kier molecular flexibility index (Phi) is 3.85. The van der Waals surface area contributed by atoms with Gasteiger partial charge < -0.3 is 10.6 Å². The minimum atomic E-state index is 0.0140. The fourth-order valence-corrected chi connectivity index (χ4v) is 4.33. The molecule has 2 aromatic carbocycles. The van der Waals surface area contributed by atoms with Crippen LogP contribution in [-0.2, 0) is 4.79 Å². The van der Waals surface area contributed by atoms with Gasteiger partial charge in [-0.15, -0.1) is 0 Å². The van der Waals surface area contributed by atoms with E-state index in [2.05, 4.69) is 44.8 Å². The number of anilines is 2. The Labute approximate surface area is 144 Å². The molecule has 1 amide bonds. The molecule has 1 aliphatic carbocycles. The van der Waals surface area contributed by atoms with E-state index in [1.165, 1.54) is 11.3 Å². The van der Waals surface area contributed by atoms with Crippen molar-refractivity contribution in [2.45, 2.75) is 31.2 Å². The monoisotopic (exact) mass is 370 g/mol. The van der Waals surface area contributed by atoms with Crippen LogP contribution in [0.2, 0.25) is 0 Å². The Morgan fingerprint density at radius 2 is 1.96 bits per heavy atom. The van der Waals surface area contributed by atoms with E-state index < -0.39 is 0 Å². The van der Waals surface area contributed by atoms with Gasteiger partial charge in [-0.2, -0.15) is 0 Å². The summed E-state index contributed by atoms with van der Waals surface area (Å²) in [7, 11) is 0. The van der Waals surface area contributed by atoms with E-state index in [4.69, 9.17) is 0 Å². The molecule has 3 unspecified atom stereocenters. The molecule has 0 radical (unpaired) electrons. The van der Waals surface area contributed by atoms with Crippen LogP contribution in [0.3, 0.4) is 0 Å². The van der Waals surface area contributed by atoms with Crippen molar-refractivity contribution >= 4 is 33.2 Å². The zero-order chi connectivity index (χ0) is 15.8. The highest BCUT2D eigenvalue weighted by molar-refractivity contribution is 9.10. The molecule has 1 aliphatic heterocycles. The number of para-hydroxylation sites is 1. The van der Waals surface area contributed by atoms with E-state index in [0.717, 1.165) is 29.4 Å². The number of hydrogen-bond donors (Lipinski definition) is 2. The second-order valence-electron chi connectivity index (χ2n) is 6.40. The molecule has 3 atom stereocenters. The normalized spacial score (nSPS) is 25.2. The third kappa shape index (κ3) is 2.76. The van der Waals surface area contributed by atoms with Crippen LogP contribution >= 0.6 is 15.9 Å². The van der Waals surface area contributed by atoms with Crippen LogP contribution in [0, 0.1) is 5.92 Å². The first kappa shape index (κ1) is 14.8. The number of amides is 1. The van der Waals surface area contributed by atoms with Crippen LogP contribution in [0.15, 0.2) is 53.0 Å². The van der Waals surface area contributed by atoms with Crippen molar-refractivity contribution in [1.29, 1.82) is 0 Å². The molecule has 2 aromatic rings. The molecular formula is C19H19BrN2O. The predicted molar refractivity (Wildman–Crippen MR) is 96.7 cm³/mol. The average molecular weight is 371 g/mol. The summed E-state index contributed by atoms with van der Waals surface area (Å²) < 4.78 is 1.11. The van der Waals surface area contributed by atoms with Crippen LogP contribution in [-0.4, -0.2) is 11.9 Å². The number of halogens is 1. The molecule has 3 nitrogen and oxygen atoms in total. The van der Waals surface area contributed by atoms with Crippen LogP contribution < -0.4 is 10.6 Å². The summed E-state index contributed by atoms with van der Waals surface area (Å²) in [6.45, 7) is 0. The summed E-state index contributed by atoms with van der Waals surface area (Å²) >= 11 is 3.56. The van der Waals surface area contributed by atoms with Crippen molar-refractivity contribution < 1.29 is 4.79 Å². The summed E-state index contributed by atoms with van der Waals surface area (Å²) in [5.41, 5.74) is 3.40. The fraction of sp³-hybridized carbons (Fsp3) is 0.316. The van der Waals surface area contributed by atoms with Crippen molar-refractivity contribution in [3.63, 3.8) is 0 Å². The predicted octanol–water partition coefficient (Wildman–Crippen LogP) is 4.77. The Morgan fingerprint density at radius 3 is 2.78 bits per heavy atom. The lowest BCUT2D eigenvalue weighted by atomic mass is 9.75. The zero-order valence-corrected chi connectivity index (χ0v) is 14.3. The standard InChI is InChI=1S/C19H19BrN2O/c20-12-9-10-17-16(11-12)14-7-4-8-15(18(14)22-17)19(23)21-13-5-2-1-3-6-13/h1-3,5-6,9-11,14-15,18,22H,4,7-8H2,(H,21,23). The van der Waals surface area contributed by atoms with Gasteiger partial charge in [0.1, 0.15) is 0 Å². The Hall–Kier alpha value is -1.81. The molecule has 118 valence electrons. The van der Waals surface area contributed by atoms with Gasteiger partial charge in [0.2, 0.25) is 5.91 Å². The lowest BCUT2D eigenvalue weighted by Gasteiger charge is -2.33. The molecule has 0 saturated heterocycles. The minimum absolute atomic E-state index is 0.0140. The van der Waals surface area contributed by atoms with E-state index in [-0.39, 0.29) is 17.9 Å². The van der Waals surface area contributed by atoms with Gasteiger partial charge in [-0.25, -0.2) is 0 Å². The van der Waals surface area contributed by atoms with Gasteiger partial charge in [0, 0.05) is 27.8 Å². The van der Waals surface area contributed by atoms with Gasteiger partial charge in [0.15, 0.2) is 0 Å². The average Bonchev–Trinajstić information content (AvgIpc) is 2.93. The number of carbonyl (C=O) groups is 1. The molecule has 1 saturated carbocycles. The third-order valence-corrected chi connectivity index (χ3v) is 5.50. The molecule has 1 fully saturated rings. The van der Waals surface area contributed by atoms with Crippen molar-refractivity contribution in [3.05, 3.63) is 58.6 Å². The molecule has 4 rings (SSSR count). The van der Waals surface area contributed by atoms with Crippen molar-refractivity contribution in [2.75, 3.05) is 10.6 Å². The summed E-state index contributed by atoms with van der Waals surface area (Å²) in [4.78, 5) is 12.8. The van der Waals surface area contributed by atoms with Crippen molar-refractivity contribution in [1.82, 2.24) is 0 Å². The van der Waals surface area contributed by atoms with Crippen molar-refractivity contribution in [2.24, 2.45) is 5.92 Å². The number of hydrogen-bond acceptors (Lipinski definition) is 2. The van der Waals surface area contributed by atoms with Gasteiger partial charge >= 0.3 is 0 Å². The zero-order valence-electron chi connectivity index (χ0n) is 12.8. The van der Waals surface area contributed by atoms with E-state index in [1.807, 2.05) is 30.3 Å². The quantitative estimate of drug-likeness (QED) is 0.799. The molecule has 2 N–H and O–H groups in total. The maximum atomic E-state index is 12.8. The topological polar surface area (TPSA) is 41.1 Å². The van der Waals surface area contributed by atoms with E-state index in [0.29, 0.717) is 5.92 Å². The van der Waals surface area contributed by atoms with Crippen LogP contribution in [0.25, 0.3) is 0 Å². The number of carbonyl (C=O) groups excluding carboxylic acids is 1. The van der Waals surface area contributed by atoms with Crippen LogP contribution in [0.5, 0.6) is 0 Å². The van der Waals surface area contributed by atoms with Gasteiger partial charge in [-0.05, 0) is 48.7 Å². The first-order valence-electron chi connectivity index (χ1n) is 8.14.